The van der Waals surface area contributed by atoms with E-state index in [1.807, 2.05) is 0 Å². The first-order chi connectivity index (χ1) is 12.8. The lowest BCUT2D eigenvalue weighted by molar-refractivity contribution is -0.139. The highest BCUT2D eigenvalue weighted by Gasteiger charge is 2.26. The molecule has 1 aliphatic carbocycles. The van der Waals surface area contributed by atoms with Gasteiger partial charge in [0.25, 0.3) is 0 Å². The highest BCUT2D eigenvalue weighted by atomic mass is 19.3. The summed E-state index contributed by atoms with van der Waals surface area (Å²) in [4.78, 5) is 12.2. The zero-order valence-corrected chi connectivity index (χ0v) is 14.6. The minimum Gasteiger partial charge on any atom is -0.435 e. The largest absolute Gasteiger partial charge is 0.435 e. The molecule has 1 aromatic carbocycles. The Hall–Kier alpha value is -1.87. The SMILES string of the molecule is O=C(CC(O)C1CCCC1)N[C@@H](COC(F)F)c1cccc(OC(F)F)c1. The van der Waals surface area contributed by atoms with E-state index in [9.17, 15) is 27.5 Å². The van der Waals surface area contributed by atoms with Crippen molar-refractivity contribution < 1.29 is 36.9 Å². The van der Waals surface area contributed by atoms with Crippen LogP contribution in [0.5, 0.6) is 5.75 Å². The van der Waals surface area contributed by atoms with Crippen molar-refractivity contribution >= 4 is 5.91 Å². The second kappa shape index (κ2) is 10.5. The number of aliphatic hydroxyl groups is 1. The Kier molecular flexibility index (Phi) is 8.30. The number of ether oxygens (including phenoxy) is 2. The molecular weight excluding hydrogens is 370 g/mol. The number of benzene rings is 1. The number of carbonyl (C=O) groups is 1. The summed E-state index contributed by atoms with van der Waals surface area (Å²) in [6, 6.07) is 4.39. The number of nitrogens with one attached hydrogen (secondary N) is 1. The molecule has 0 aliphatic heterocycles. The average Bonchev–Trinajstić information content (AvgIpc) is 3.12. The smallest absolute Gasteiger partial charge is 0.387 e. The third kappa shape index (κ3) is 7.34. The van der Waals surface area contributed by atoms with E-state index < -0.39 is 37.9 Å². The number of alkyl halides is 4. The van der Waals surface area contributed by atoms with E-state index in [4.69, 9.17) is 0 Å². The van der Waals surface area contributed by atoms with Gasteiger partial charge in [0.15, 0.2) is 0 Å². The number of rotatable bonds is 10. The van der Waals surface area contributed by atoms with Gasteiger partial charge in [-0.2, -0.15) is 17.6 Å². The predicted octanol–water partition coefficient (Wildman–Crippen LogP) is 3.63. The van der Waals surface area contributed by atoms with Crippen LogP contribution in [0.15, 0.2) is 24.3 Å². The van der Waals surface area contributed by atoms with Crippen molar-refractivity contribution in [2.45, 2.75) is 57.5 Å². The maximum Gasteiger partial charge on any atom is 0.387 e. The van der Waals surface area contributed by atoms with Crippen molar-refractivity contribution in [2.24, 2.45) is 5.92 Å². The van der Waals surface area contributed by atoms with Gasteiger partial charge < -0.3 is 19.9 Å². The van der Waals surface area contributed by atoms with Gasteiger partial charge >= 0.3 is 13.2 Å². The Morgan fingerprint density at radius 1 is 1.19 bits per heavy atom. The number of carbonyl (C=O) groups excluding carboxylic acids is 1. The second-order valence-corrected chi connectivity index (χ2v) is 6.48. The molecule has 1 fully saturated rings. The van der Waals surface area contributed by atoms with Crippen molar-refractivity contribution in [1.82, 2.24) is 5.32 Å². The maximum absolute atomic E-state index is 12.4. The first-order valence-electron chi connectivity index (χ1n) is 8.77. The molecule has 0 spiro atoms. The summed E-state index contributed by atoms with van der Waals surface area (Å²) < 4.78 is 58.1. The van der Waals surface area contributed by atoms with E-state index in [0.29, 0.717) is 0 Å². The Labute approximate surface area is 154 Å². The van der Waals surface area contributed by atoms with Crippen LogP contribution in [-0.4, -0.2) is 36.9 Å². The lowest BCUT2D eigenvalue weighted by atomic mass is 9.97. The summed E-state index contributed by atoms with van der Waals surface area (Å²) in [6.45, 7) is -6.64. The van der Waals surface area contributed by atoms with E-state index in [1.165, 1.54) is 24.3 Å². The molecule has 5 nitrogen and oxygen atoms in total. The van der Waals surface area contributed by atoms with E-state index in [2.05, 4.69) is 14.8 Å². The highest BCUT2D eigenvalue weighted by Crippen LogP contribution is 2.29. The van der Waals surface area contributed by atoms with Crippen molar-refractivity contribution in [3.05, 3.63) is 29.8 Å². The molecule has 2 rings (SSSR count). The molecule has 1 amide bonds. The topological polar surface area (TPSA) is 67.8 Å². The van der Waals surface area contributed by atoms with Crippen LogP contribution in [0.1, 0.15) is 43.7 Å². The number of hydrogen-bond donors (Lipinski definition) is 2. The molecule has 1 aliphatic rings. The number of aliphatic hydroxyl groups excluding tert-OH is 1. The third-order valence-corrected chi connectivity index (χ3v) is 4.55. The minimum absolute atomic E-state index is 0.0503. The van der Waals surface area contributed by atoms with E-state index in [0.717, 1.165) is 25.7 Å². The minimum atomic E-state index is -3.05. The molecule has 0 radical (unpaired) electrons. The first-order valence-corrected chi connectivity index (χ1v) is 8.77. The van der Waals surface area contributed by atoms with E-state index in [1.54, 1.807) is 0 Å². The molecule has 1 aromatic rings. The maximum atomic E-state index is 12.4. The molecule has 1 saturated carbocycles. The fourth-order valence-electron chi connectivity index (χ4n) is 3.25. The molecule has 2 atom stereocenters. The Balaban J connectivity index is 2.03. The monoisotopic (exact) mass is 393 g/mol. The van der Waals surface area contributed by atoms with Crippen LogP contribution >= 0.6 is 0 Å². The van der Waals surface area contributed by atoms with Crippen LogP contribution < -0.4 is 10.1 Å². The van der Waals surface area contributed by atoms with Crippen molar-refractivity contribution in [3.63, 3.8) is 0 Å². The number of amides is 1. The van der Waals surface area contributed by atoms with E-state index >= 15 is 0 Å². The van der Waals surface area contributed by atoms with Gasteiger partial charge in [0.05, 0.1) is 25.2 Å². The lowest BCUT2D eigenvalue weighted by Crippen LogP contribution is -2.35. The zero-order valence-electron chi connectivity index (χ0n) is 14.6. The Morgan fingerprint density at radius 3 is 2.52 bits per heavy atom. The summed E-state index contributed by atoms with van der Waals surface area (Å²) >= 11 is 0. The van der Waals surface area contributed by atoms with Crippen molar-refractivity contribution in [2.75, 3.05) is 6.61 Å². The average molecular weight is 393 g/mol. The molecule has 0 bridgehead atoms. The lowest BCUT2D eigenvalue weighted by Gasteiger charge is -2.22. The fraction of sp³-hybridized carbons (Fsp3) is 0.611. The van der Waals surface area contributed by atoms with Gasteiger partial charge in [0, 0.05) is 0 Å². The van der Waals surface area contributed by atoms with Gasteiger partial charge in [0.2, 0.25) is 5.91 Å². The Morgan fingerprint density at radius 2 is 1.89 bits per heavy atom. The Bertz CT molecular complexity index is 596. The standard InChI is InChI=1S/C18H23F4NO4/c19-17(20)26-10-14(12-6-3-7-13(8-12)27-18(21)22)23-16(25)9-15(24)11-4-1-2-5-11/h3,6-8,11,14-15,17-18,24H,1-2,4-5,9-10H2,(H,23,25)/t14-,15?/m0/s1. The molecule has 1 unspecified atom stereocenters. The van der Waals surface area contributed by atoms with Gasteiger partial charge in [-0.15, -0.1) is 0 Å². The van der Waals surface area contributed by atoms with Gasteiger partial charge in [0.1, 0.15) is 5.75 Å². The third-order valence-electron chi connectivity index (χ3n) is 4.55. The number of hydrogen-bond acceptors (Lipinski definition) is 4. The molecule has 0 saturated heterocycles. The van der Waals surface area contributed by atoms with Crippen LogP contribution in [0, 0.1) is 5.92 Å². The first kappa shape index (κ1) is 21.4. The van der Waals surface area contributed by atoms with Crippen molar-refractivity contribution in [1.29, 1.82) is 0 Å². The quantitative estimate of drug-likeness (QED) is 0.596. The van der Waals surface area contributed by atoms with Gasteiger partial charge in [-0.3, -0.25) is 4.79 Å². The molecule has 0 heterocycles. The fourth-order valence-corrected chi connectivity index (χ4v) is 3.25. The molecular formula is C18H23F4NO4. The molecule has 0 aromatic heterocycles. The van der Waals surface area contributed by atoms with Crippen LogP contribution in [0.25, 0.3) is 0 Å². The zero-order chi connectivity index (χ0) is 19.8. The van der Waals surface area contributed by atoms with E-state index in [-0.39, 0.29) is 23.7 Å². The molecule has 9 heteroatoms. The summed E-state index contributed by atoms with van der Waals surface area (Å²) in [7, 11) is 0. The summed E-state index contributed by atoms with van der Waals surface area (Å²) in [5.41, 5.74) is 0.275. The van der Waals surface area contributed by atoms with Crippen LogP contribution in [0.3, 0.4) is 0 Å². The van der Waals surface area contributed by atoms with Gasteiger partial charge in [-0.25, -0.2) is 0 Å². The molecule has 152 valence electrons. The van der Waals surface area contributed by atoms with Gasteiger partial charge in [-0.05, 0) is 36.5 Å². The van der Waals surface area contributed by atoms with Crippen LogP contribution in [0.4, 0.5) is 17.6 Å². The van der Waals surface area contributed by atoms with Crippen molar-refractivity contribution in [3.8, 4) is 5.75 Å². The normalized spacial score (nSPS) is 17.3. The molecule has 2 N–H and O–H groups in total. The van der Waals surface area contributed by atoms with Crippen LogP contribution in [0.2, 0.25) is 0 Å². The second-order valence-electron chi connectivity index (χ2n) is 6.48. The highest BCUT2D eigenvalue weighted by molar-refractivity contribution is 5.77. The molecule has 27 heavy (non-hydrogen) atoms. The summed E-state index contributed by atoms with van der Waals surface area (Å²) in [6.07, 6.45) is 2.73. The predicted molar refractivity (Wildman–Crippen MR) is 88.5 cm³/mol. The van der Waals surface area contributed by atoms with Gasteiger partial charge in [-0.1, -0.05) is 25.0 Å². The summed E-state index contributed by atoms with van der Waals surface area (Å²) in [5.74, 6) is -0.642. The van der Waals surface area contributed by atoms with Crippen LogP contribution in [-0.2, 0) is 9.53 Å². The number of halogens is 4. The summed E-state index contributed by atoms with van der Waals surface area (Å²) in [5, 5.41) is 12.7.